The number of hydrogen-bond donors (Lipinski definition) is 2. The molecule has 0 aliphatic heterocycles. The summed E-state index contributed by atoms with van der Waals surface area (Å²) in [5, 5.41) is 19.0. The van der Waals surface area contributed by atoms with Crippen LogP contribution in [0.2, 0.25) is 0 Å². The van der Waals surface area contributed by atoms with Crippen LogP contribution in [0, 0.1) is 37.0 Å². The third-order valence-electron chi connectivity index (χ3n) is 2.79. The second kappa shape index (κ2) is 8.56. The van der Waals surface area contributed by atoms with Crippen LogP contribution in [-0.2, 0) is 4.74 Å². The quantitative estimate of drug-likeness (QED) is 0.586. The third kappa shape index (κ3) is 5.13. The van der Waals surface area contributed by atoms with Gasteiger partial charge in [0, 0.05) is 6.54 Å². The summed E-state index contributed by atoms with van der Waals surface area (Å²) in [6.45, 7) is 1.31. The monoisotopic (exact) mass is 283 g/mol. The first-order valence-corrected chi connectivity index (χ1v) is 6.28. The molecule has 1 unspecified atom stereocenters. The first-order valence-electron chi connectivity index (χ1n) is 6.28. The molecule has 0 heterocycles. The van der Waals surface area contributed by atoms with E-state index in [0.29, 0.717) is 25.2 Å². The molecule has 0 saturated heterocycles. The van der Waals surface area contributed by atoms with Crippen LogP contribution < -0.4 is 0 Å². The lowest BCUT2D eigenvalue weighted by atomic mass is 10.1. The second-order valence-corrected chi connectivity index (χ2v) is 4.33. The van der Waals surface area contributed by atoms with Gasteiger partial charge in [0.25, 0.3) is 0 Å². The molecule has 0 spiro atoms. The highest BCUT2D eigenvalue weighted by molar-refractivity contribution is 5.41. The Morgan fingerprint density at radius 3 is 2.24 bits per heavy atom. The van der Waals surface area contributed by atoms with Crippen LogP contribution in [0.5, 0.6) is 11.5 Å². The molecule has 1 aromatic carbocycles. The van der Waals surface area contributed by atoms with Gasteiger partial charge in [0.05, 0.1) is 19.2 Å². The highest BCUT2D eigenvalue weighted by Gasteiger charge is 2.17. The molecule has 1 aromatic rings. The van der Waals surface area contributed by atoms with E-state index >= 15 is 0 Å². The zero-order chi connectivity index (χ0) is 15.7. The van der Waals surface area contributed by atoms with Crippen molar-refractivity contribution in [2.24, 2.45) is 0 Å². The average Bonchev–Trinajstić information content (AvgIpc) is 2.47. The molecule has 0 radical (unpaired) electrons. The number of benzene rings is 1. The molecule has 0 fully saturated rings. The Morgan fingerprint density at radius 2 is 1.71 bits per heavy atom. The van der Waals surface area contributed by atoms with E-state index in [1.807, 2.05) is 4.90 Å². The van der Waals surface area contributed by atoms with E-state index < -0.39 is 6.10 Å². The minimum atomic E-state index is -0.408. The predicted molar refractivity (Wildman–Crippen MR) is 81.4 cm³/mol. The standard InChI is InChI=1S/C17H17NO3/c1-4-9-18(10-5-2)13-17(21-11-6-3)14-7-8-15(19)16(20)12-14/h1-3,7-8,12,17,19-20H,9-11,13H2. The zero-order valence-electron chi connectivity index (χ0n) is 11.6. The van der Waals surface area contributed by atoms with Crippen molar-refractivity contribution in [3.63, 3.8) is 0 Å². The Bertz CT molecular complexity index is 574. The normalized spacial score (nSPS) is 11.3. The second-order valence-electron chi connectivity index (χ2n) is 4.33. The van der Waals surface area contributed by atoms with Crippen LogP contribution in [-0.4, -0.2) is 41.4 Å². The van der Waals surface area contributed by atoms with Gasteiger partial charge in [0.2, 0.25) is 0 Å². The molecule has 0 saturated carbocycles. The van der Waals surface area contributed by atoms with Gasteiger partial charge in [0.1, 0.15) is 6.61 Å². The number of ether oxygens (including phenoxy) is 1. The maximum absolute atomic E-state index is 9.59. The third-order valence-corrected chi connectivity index (χ3v) is 2.79. The lowest BCUT2D eigenvalue weighted by molar-refractivity contribution is 0.0510. The first kappa shape index (κ1) is 16.5. The SMILES string of the molecule is C#CCOC(CN(CC#C)CC#C)c1ccc(O)c(O)c1. The van der Waals surface area contributed by atoms with Gasteiger partial charge in [-0.2, -0.15) is 0 Å². The van der Waals surface area contributed by atoms with Gasteiger partial charge in [-0.25, -0.2) is 0 Å². The van der Waals surface area contributed by atoms with E-state index in [0.717, 1.165) is 0 Å². The highest BCUT2D eigenvalue weighted by Crippen LogP contribution is 2.29. The van der Waals surface area contributed by atoms with Crippen LogP contribution in [0.15, 0.2) is 18.2 Å². The van der Waals surface area contributed by atoms with Gasteiger partial charge in [-0.3, -0.25) is 4.90 Å². The Balaban J connectivity index is 2.94. The van der Waals surface area contributed by atoms with E-state index in [1.165, 1.54) is 12.1 Å². The van der Waals surface area contributed by atoms with Crippen LogP contribution >= 0.6 is 0 Å². The molecule has 0 amide bonds. The van der Waals surface area contributed by atoms with Gasteiger partial charge >= 0.3 is 0 Å². The average molecular weight is 283 g/mol. The van der Waals surface area contributed by atoms with Gasteiger partial charge in [0.15, 0.2) is 11.5 Å². The summed E-state index contributed by atoms with van der Waals surface area (Å²) >= 11 is 0. The molecule has 2 N–H and O–H groups in total. The lowest BCUT2D eigenvalue weighted by Crippen LogP contribution is -2.30. The molecule has 108 valence electrons. The van der Waals surface area contributed by atoms with Crippen LogP contribution in [0.25, 0.3) is 0 Å². The Hall–Kier alpha value is -2.58. The molecular formula is C17H17NO3. The number of phenolic OH excluding ortho intramolecular Hbond substituents is 2. The van der Waals surface area contributed by atoms with Gasteiger partial charge in [-0.05, 0) is 17.7 Å². The zero-order valence-corrected chi connectivity index (χ0v) is 11.6. The number of rotatable bonds is 7. The first-order chi connectivity index (χ1) is 10.1. The number of terminal acetylenes is 3. The van der Waals surface area contributed by atoms with Crippen molar-refractivity contribution in [2.45, 2.75) is 6.10 Å². The fraction of sp³-hybridized carbons (Fsp3) is 0.294. The van der Waals surface area contributed by atoms with Crippen molar-refractivity contribution in [2.75, 3.05) is 26.2 Å². The summed E-state index contributed by atoms with van der Waals surface area (Å²) in [5.74, 6) is 7.04. The molecule has 0 aliphatic rings. The number of hydrogen-bond acceptors (Lipinski definition) is 4. The number of phenols is 2. The molecule has 0 aliphatic carbocycles. The Kier molecular flexibility index (Phi) is 6.72. The minimum Gasteiger partial charge on any atom is -0.504 e. The maximum Gasteiger partial charge on any atom is 0.157 e. The fourth-order valence-corrected chi connectivity index (χ4v) is 1.82. The lowest BCUT2D eigenvalue weighted by Gasteiger charge is -2.24. The minimum absolute atomic E-state index is 0.117. The van der Waals surface area contributed by atoms with Crippen LogP contribution in [0.3, 0.4) is 0 Å². The van der Waals surface area contributed by atoms with Crippen LogP contribution in [0.4, 0.5) is 0 Å². The summed E-state index contributed by atoms with van der Waals surface area (Å²) in [6, 6.07) is 4.48. The summed E-state index contributed by atoms with van der Waals surface area (Å²) in [4.78, 5) is 1.85. The number of nitrogens with zero attached hydrogens (tertiary/aromatic N) is 1. The summed E-state index contributed by atoms with van der Waals surface area (Å²) in [7, 11) is 0. The van der Waals surface area contributed by atoms with Gasteiger partial charge in [-0.15, -0.1) is 19.3 Å². The Morgan fingerprint density at radius 1 is 1.05 bits per heavy atom. The summed E-state index contributed by atoms with van der Waals surface area (Å²) in [6.07, 6.45) is 15.4. The van der Waals surface area contributed by atoms with E-state index in [9.17, 15) is 10.2 Å². The van der Waals surface area contributed by atoms with Crippen LogP contribution in [0.1, 0.15) is 11.7 Å². The van der Waals surface area contributed by atoms with Gasteiger partial charge < -0.3 is 14.9 Å². The maximum atomic E-state index is 9.59. The van der Waals surface area contributed by atoms with E-state index in [2.05, 4.69) is 17.8 Å². The fourth-order valence-electron chi connectivity index (χ4n) is 1.82. The van der Waals surface area contributed by atoms with E-state index in [4.69, 9.17) is 24.0 Å². The van der Waals surface area contributed by atoms with Crippen molar-refractivity contribution >= 4 is 0 Å². The smallest absolute Gasteiger partial charge is 0.157 e. The van der Waals surface area contributed by atoms with Crippen molar-refractivity contribution in [3.8, 4) is 48.5 Å². The molecule has 4 heteroatoms. The molecule has 4 nitrogen and oxygen atoms in total. The topological polar surface area (TPSA) is 52.9 Å². The largest absolute Gasteiger partial charge is 0.504 e. The van der Waals surface area contributed by atoms with Gasteiger partial charge in [-0.1, -0.05) is 23.8 Å². The van der Waals surface area contributed by atoms with Crippen molar-refractivity contribution in [1.29, 1.82) is 0 Å². The molecule has 0 aromatic heterocycles. The molecule has 0 bridgehead atoms. The molecule has 1 atom stereocenters. The Labute approximate surface area is 125 Å². The van der Waals surface area contributed by atoms with E-state index in [1.54, 1.807) is 6.07 Å². The molecule has 1 rings (SSSR count). The predicted octanol–water partition coefficient (Wildman–Crippen LogP) is 1.36. The van der Waals surface area contributed by atoms with Crippen molar-refractivity contribution in [1.82, 2.24) is 4.90 Å². The van der Waals surface area contributed by atoms with Crippen molar-refractivity contribution in [3.05, 3.63) is 23.8 Å². The summed E-state index contributed by atoms with van der Waals surface area (Å²) < 4.78 is 5.59. The molecular weight excluding hydrogens is 266 g/mol. The highest BCUT2D eigenvalue weighted by atomic mass is 16.5. The van der Waals surface area contributed by atoms with Crippen molar-refractivity contribution < 1.29 is 14.9 Å². The van der Waals surface area contributed by atoms with E-state index in [-0.39, 0.29) is 18.1 Å². The summed E-state index contributed by atoms with van der Waals surface area (Å²) in [5.41, 5.74) is 0.680. The number of aromatic hydroxyl groups is 2. The molecule has 21 heavy (non-hydrogen) atoms.